The maximum atomic E-state index is 12.8. The zero-order chi connectivity index (χ0) is 18.0. The molecule has 2 amide bonds. The van der Waals surface area contributed by atoms with E-state index in [-0.39, 0.29) is 18.4 Å². The van der Waals surface area contributed by atoms with Gasteiger partial charge in [0.1, 0.15) is 17.6 Å². The number of amides is 2. The van der Waals surface area contributed by atoms with E-state index in [0.29, 0.717) is 32.6 Å². The second kappa shape index (κ2) is 7.26. The zero-order valence-corrected chi connectivity index (χ0v) is 14.6. The number of aromatic nitrogens is 1. The van der Waals surface area contributed by atoms with Crippen LogP contribution in [0.3, 0.4) is 0 Å². The second-order valence-electron chi connectivity index (χ2n) is 6.44. The highest BCUT2D eigenvalue weighted by Crippen LogP contribution is 2.23. The van der Waals surface area contributed by atoms with Crippen molar-refractivity contribution >= 4 is 17.6 Å². The van der Waals surface area contributed by atoms with Crippen molar-refractivity contribution in [1.29, 1.82) is 0 Å². The summed E-state index contributed by atoms with van der Waals surface area (Å²) in [5.41, 5.74) is 0. The lowest BCUT2D eigenvalue weighted by Crippen LogP contribution is -2.54. The van der Waals surface area contributed by atoms with E-state index in [1.165, 1.54) is 11.8 Å². The van der Waals surface area contributed by atoms with Gasteiger partial charge in [0, 0.05) is 58.3 Å². The lowest BCUT2D eigenvalue weighted by Gasteiger charge is -2.37. The molecule has 2 atom stereocenters. The molecule has 0 unspecified atom stereocenters. The first kappa shape index (κ1) is 17.5. The van der Waals surface area contributed by atoms with Gasteiger partial charge in [0.25, 0.3) is 0 Å². The van der Waals surface area contributed by atoms with Crippen molar-refractivity contribution in [1.82, 2.24) is 14.8 Å². The molecule has 25 heavy (non-hydrogen) atoms. The van der Waals surface area contributed by atoms with E-state index in [9.17, 15) is 14.7 Å². The lowest BCUT2D eigenvalue weighted by atomic mass is 10.1. The number of nitrogens with zero attached hydrogens (tertiary/aromatic N) is 4. The highest BCUT2D eigenvalue weighted by Gasteiger charge is 2.40. The number of hydrogen-bond acceptors (Lipinski definition) is 6. The monoisotopic (exact) mass is 348 g/mol. The van der Waals surface area contributed by atoms with Crippen LogP contribution in [0.1, 0.15) is 13.3 Å². The molecule has 0 bridgehead atoms. The highest BCUT2D eigenvalue weighted by molar-refractivity contribution is 5.87. The first-order chi connectivity index (χ1) is 12.0. The van der Waals surface area contributed by atoms with Gasteiger partial charge in [0.05, 0.1) is 13.2 Å². The van der Waals surface area contributed by atoms with Crippen molar-refractivity contribution in [2.45, 2.75) is 25.5 Å². The number of rotatable bonds is 3. The quantitative estimate of drug-likeness (QED) is 0.809. The Morgan fingerprint density at radius 3 is 2.64 bits per heavy atom. The van der Waals surface area contributed by atoms with Crippen molar-refractivity contribution in [2.24, 2.45) is 0 Å². The summed E-state index contributed by atoms with van der Waals surface area (Å²) in [5, 5.41) is 9.81. The standard InChI is InChI=1S/C17H24N4O4/c1-12(22)21-11-13(23)9-15(21)17(24)20-7-5-19(6-8-20)16-10-14(25-2)3-4-18-16/h3-4,10,13,15,23H,5-9,11H2,1-2H3/t13-,15-/m1/s1. The smallest absolute Gasteiger partial charge is 0.245 e. The number of carbonyl (C=O) groups is 2. The van der Waals surface area contributed by atoms with Gasteiger partial charge in [-0.2, -0.15) is 0 Å². The number of methoxy groups -OCH3 is 1. The predicted molar refractivity (Wildman–Crippen MR) is 91.4 cm³/mol. The molecule has 0 radical (unpaired) electrons. The minimum atomic E-state index is -0.625. The van der Waals surface area contributed by atoms with E-state index in [4.69, 9.17) is 4.74 Å². The Hall–Kier alpha value is -2.35. The van der Waals surface area contributed by atoms with Gasteiger partial charge < -0.3 is 24.5 Å². The zero-order valence-electron chi connectivity index (χ0n) is 14.6. The molecule has 1 aromatic rings. The van der Waals surface area contributed by atoms with Crippen LogP contribution in [0, 0.1) is 0 Å². The molecule has 2 aliphatic heterocycles. The molecule has 3 heterocycles. The number of piperazine rings is 1. The van der Waals surface area contributed by atoms with Gasteiger partial charge in [-0.05, 0) is 6.07 Å². The first-order valence-electron chi connectivity index (χ1n) is 8.48. The Bertz CT molecular complexity index is 645. The summed E-state index contributed by atoms with van der Waals surface area (Å²) in [6.07, 6.45) is 1.40. The molecule has 2 saturated heterocycles. The maximum Gasteiger partial charge on any atom is 0.245 e. The average Bonchev–Trinajstić information content (AvgIpc) is 3.03. The van der Waals surface area contributed by atoms with E-state index in [1.807, 2.05) is 6.07 Å². The van der Waals surface area contributed by atoms with Crippen LogP contribution in [-0.2, 0) is 9.59 Å². The molecule has 0 spiro atoms. The Labute approximate surface area is 147 Å². The van der Waals surface area contributed by atoms with Crippen LogP contribution in [0.25, 0.3) is 0 Å². The molecule has 0 aliphatic carbocycles. The third kappa shape index (κ3) is 3.68. The fourth-order valence-corrected chi connectivity index (χ4v) is 3.46. The first-order valence-corrected chi connectivity index (χ1v) is 8.48. The van der Waals surface area contributed by atoms with Crippen molar-refractivity contribution in [3.8, 4) is 5.75 Å². The normalized spacial score (nSPS) is 23.7. The number of β-amino-alcohol motifs (C(OH)–C–C–N with tert-alkyl or cyclic N) is 1. The number of ether oxygens (including phenoxy) is 1. The summed E-state index contributed by atoms with van der Waals surface area (Å²) in [4.78, 5) is 34.2. The Morgan fingerprint density at radius 2 is 2.00 bits per heavy atom. The molecular formula is C17H24N4O4. The van der Waals surface area contributed by atoms with Crippen LogP contribution in [-0.4, -0.2) is 83.7 Å². The molecule has 3 rings (SSSR count). The van der Waals surface area contributed by atoms with Gasteiger partial charge >= 0.3 is 0 Å². The number of pyridine rings is 1. The number of aliphatic hydroxyl groups excluding tert-OH is 1. The fraction of sp³-hybridized carbons (Fsp3) is 0.588. The van der Waals surface area contributed by atoms with Gasteiger partial charge in [-0.3, -0.25) is 9.59 Å². The van der Waals surface area contributed by atoms with Crippen LogP contribution < -0.4 is 9.64 Å². The lowest BCUT2D eigenvalue weighted by molar-refractivity contribution is -0.143. The van der Waals surface area contributed by atoms with E-state index in [2.05, 4.69) is 9.88 Å². The molecule has 8 nitrogen and oxygen atoms in total. The fourth-order valence-electron chi connectivity index (χ4n) is 3.46. The molecule has 0 saturated carbocycles. The molecule has 1 aromatic heterocycles. The van der Waals surface area contributed by atoms with Gasteiger partial charge in [0.15, 0.2) is 0 Å². The number of carbonyl (C=O) groups excluding carboxylic acids is 2. The van der Waals surface area contributed by atoms with Gasteiger partial charge in [-0.1, -0.05) is 0 Å². The predicted octanol–water partition coefficient (Wildman–Crippen LogP) is -0.279. The summed E-state index contributed by atoms with van der Waals surface area (Å²) in [5.74, 6) is 1.33. The second-order valence-corrected chi connectivity index (χ2v) is 6.44. The van der Waals surface area contributed by atoms with Gasteiger partial charge in [-0.15, -0.1) is 0 Å². The SMILES string of the molecule is COc1ccnc(N2CCN(C(=O)[C@H]3C[C@@H](O)CN3C(C)=O)CC2)c1. The molecule has 136 valence electrons. The average molecular weight is 348 g/mol. The van der Waals surface area contributed by atoms with Crippen molar-refractivity contribution < 1.29 is 19.4 Å². The summed E-state index contributed by atoms with van der Waals surface area (Å²) >= 11 is 0. The molecule has 2 aliphatic rings. The molecule has 1 N–H and O–H groups in total. The van der Waals surface area contributed by atoms with E-state index in [1.54, 1.807) is 24.3 Å². The van der Waals surface area contributed by atoms with Gasteiger partial charge in [-0.25, -0.2) is 4.98 Å². The number of aliphatic hydroxyl groups is 1. The van der Waals surface area contributed by atoms with E-state index >= 15 is 0 Å². The third-order valence-corrected chi connectivity index (χ3v) is 4.84. The minimum Gasteiger partial charge on any atom is -0.497 e. The summed E-state index contributed by atoms with van der Waals surface area (Å²) in [6.45, 7) is 4.14. The van der Waals surface area contributed by atoms with Crippen LogP contribution in [0.15, 0.2) is 18.3 Å². The van der Waals surface area contributed by atoms with E-state index < -0.39 is 12.1 Å². The minimum absolute atomic E-state index is 0.0787. The van der Waals surface area contributed by atoms with Gasteiger partial charge in [0.2, 0.25) is 11.8 Å². The van der Waals surface area contributed by atoms with E-state index in [0.717, 1.165) is 11.6 Å². The van der Waals surface area contributed by atoms with Crippen molar-refractivity contribution in [3.05, 3.63) is 18.3 Å². The number of anilines is 1. The molecule has 0 aromatic carbocycles. The molecule has 2 fully saturated rings. The largest absolute Gasteiger partial charge is 0.497 e. The summed E-state index contributed by atoms with van der Waals surface area (Å²) < 4.78 is 5.22. The number of likely N-dealkylation sites (tertiary alicyclic amines) is 1. The topological polar surface area (TPSA) is 86.2 Å². The van der Waals surface area contributed by atoms with Crippen molar-refractivity contribution in [3.63, 3.8) is 0 Å². The Kier molecular flexibility index (Phi) is 5.08. The van der Waals surface area contributed by atoms with Crippen LogP contribution in [0.5, 0.6) is 5.75 Å². The maximum absolute atomic E-state index is 12.8. The van der Waals surface area contributed by atoms with Crippen LogP contribution in [0.4, 0.5) is 5.82 Å². The highest BCUT2D eigenvalue weighted by atomic mass is 16.5. The number of hydrogen-bond donors (Lipinski definition) is 1. The summed E-state index contributed by atoms with van der Waals surface area (Å²) in [7, 11) is 1.62. The third-order valence-electron chi connectivity index (χ3n) is 4.84. The molecular weight excluding hydrogens is 324 g/mol. The van der Waals surface area contributed by atoms with Crippen LogP contribution in [0.2, 0.25) is 0 Å². The Morgan fingerprint density at radius 1 is 1.28 bits per heavy atom. The van der Waals surface area contributed by atoms with Crippen LogP contribution >= 0.6 is 0 Å². The molecule has 8 heteroatoms. The van der Waals surface area contributed by atoms with Crippen molar-refractivity contribution in [2.75, 3.05) is 44.7 Å². The Balaban J connectivity index is 1.61. The summed E-state index contributed by atoms with van der Waals surface area (Å²) in [6, 6.07) is 3.13.